The molecule has 220 valence electrons. The van der Waals surface area contributed by atoms with Gasteiger partial charge in [-0.3, -0.25) is 0 Å². The fourth-order valence-corrected chi connectivity index (χ4v) is 6.37. The Balaban J connectivity index is 1.20. The molecule has 0 spiro atoms. The standard InChI is InChI=1S/C43H27N3O/c1-3-12-29(13-4-1)41-44-42(30-14-5-2-6-15-30)46-43(45-41)36-19-10-20-39-40(36)37-27-35(23-24-38(37)47-39)33-18-9-17-32(26-33)34-22-21-28-11-7-8-16-31(28)25-34/h1-27H. The van der Waals surface area contributed by atoms with Crippen molar-refractivity contribution in [1.82, 2.24) is 15.0 Å². The quantitative estimate of drug-likeness (QED) is 0.197. The molecule has 4 heteroatoms. The molecule has 47 heavy (non-hydrogen) atoms. The Morgan fingerprint density at radius 2 is 0.894 bits per heavy atom. The second-order valence-corrected chi connectivity index (χ2v) is 11.7. The number of nitrogens with zero attached hydrogens (tertiary/aromatic N) is 3. The molecule has 0 saturated heterocycles. The highest BCUT2D eigenvalue weighted by Gasteiger charge is 2.18. The van der Waals surface area contributed by atoms with E-state index in [-0.39, 0.29) is 0 Å². The summed E-state index contributed by atoms with van der Waals surface area (Å²) in [5.41, 5.74) is 9.02. The van der Waals surface area contributed by atoms with Gasteiger partial charge in [-0.15, -0.1) is 0 Å². The van der Waals surface area contributed by atoms with Crippen LogP contribution in [0.15, 0.2) is 168 Å². The van der Waals surface area contributed by atoms with E-state index < -0.39 is 0 Å². The zero-order chi connectivity index (χ0) is 31.2. The third kappa shape index (κ3) is 4.93. The van der Waals surface area contributed by atoms with Crippen LogP contribution in [0.5, 0.6) is 0 Å². The van der Waals surface area contributed by atoms with Gasteiger partial charge < -0.3 is 4.42 Å². The summed E-state index contributed by atoms with van der Waals surface area (Å²) in [6, 6.07) is 56.5. The first kappa shape index (κ1) is 27.0. The number of hydrogen-bond acceptors (Lipinski definition) is 4. The first-order chi connectivity index (χ1) is 23.3. The number of hydrogen-bond donors (Lipinski definition) is 0. The predicted molar refractivity (Wildman–Crippen MR) is 192 cm³/mol. The van der Waals surface area contributed by atoms with Crippen molar-refractivity contribution in [2.75, 3.05) is 0 Å². The number of fused-ring (bicyclic) bond motifs is 4. The lowest BCUT2D eigenvalue weighted by Crippen LogP contribution is -2.00. The summed E-state index contributed by atoms with van der Waals surface area (Å²) in [4.78, 5) is 14.9. The minimum atomic E-state index is 0.606. The Bertz CT molecular complexity index is 2510. The summed E-state index contributed by atoms with van der Waals surface area (Å²) in [5, 5.41) is 4.48. The number of aromatic nitrogens is 3. The Morgan fingerprint density at radius 1 is 0.340 bits per heavy atom. The molecule has 0 aliphatic carbocycles. The maximum Gasteiger partial charge on any atom is 0.164 e. The van der Waals surface area contributed by atoms with E-state index in [0.717, 1.165) is 49.8 Å². The zero-order valence-corrected chi connectivity index (χ0v) is 25.3. The molecule has 0 aliphatic heterocycles. The second kappa shape index (κ2) is 11.2. The normalized spacial score (nSPS) is 11.4. The van der Waals surface area contributed by atoms with Gasteiger partial charge in [-0.2, -0.15) is 0 Å². The Morgan fingerprint density at radius 3 is 1.62 bits per heavy atom. The van der Waals surface area contributed by atoms with Gasteiger partial charge in [-0.05, 0) is 63.4 Å². The van der Waals surface area contributed by atoms with Gasteiger partial charge in [-0.1, -0.05) is 133 Å². The highest BCUT2D eigenvalue weighted by Crippen LogP contribution is 2.39. The SMILES string of the molecule is c1ccc(-c2nc(-c3ccccc3)nc(-c3cccc4oc5ccc(-c6cccc(-c7ccc8ccccc8c7)c6)cc5c34)n2)cc1. The van der Waals surface area contributed by atoms with Crippen LogP contribution in [-0.4, -0.2) is 15.0 Å². The van der Waals surface area contributed by atoms with Crippen LogP contribution in [0.1, 0.15) is 0 Å². The lowest BCUT2D eigenvalue weighted by atomic mass is 9.96. The predicted octanol–water partition coefficient (Wildman–Crippen LogP) is 11.3. The van der Waals surface area contributed by atoms with Gasteiger partial charge in [-0.25, -0.2) is 15.0 Å². The average Bonchev–Trinajstić information content (AvgIpc) is 3.53. The van der Waals surface area contributed by atoms with Gasteiger partial charge in [0.05, 0.1) is 0 Å². The van der Waals surface area contributed by atoms with Gasteiger partial charge >= 0.3 is 0 Å². The van der Waals surface area contributed by atoms with Crippen LogP contribution >= 0.6 is 0 Å². The molecule has 0 unspecified atom stereocenters. The van der Waals surface area contributed by atoms with Crippen LogP contribution in [0, 0.1) is 0 Å². The molecular weight excluding hydrogens is 574 g/mol. The van der Waals surface area contributed by atoms with E-state index in [9.17, 15) is 0 Å². The number of furan rings is 1. The van der Waals surface area contributed by atoms with Crippen LogP contribution in [0.3, 0.4) is 0 Å². The van der Waals surface area contributed by atoms with E-state index in [2.05, 4.69) is 91.0 Å². The molecule has 9 rings (SSSR count). The van der Waals surface area contributed by atoms with Crippen LogP contribution in [0.2, 0.25) is 0 Å². The molecule has 0 radical (unpaired) electrons. The van der Waals surface area contributed by atoms with Gasteiger partial charge in [0, 0.05) is 27.5 Å². The van der Waals surface area contributed by atoms with Gasteiger partial charge in [0.1, 0.15) is 11.2 Å². The van der Waals surface area contributed by atoms with Crippen molar-refractivity contribution in [3.63, 3.8) is 0 Å². The molecule has 2 heterocycles. The van der Waals surface area contributed by atoms with Crippen LogP contribution in [0.4, 0.5) is 0 Å². The van der Waals surface area contributed by atoms with Crippen molar-refractivity contribution in [3.8, 4) is 56.4 Å². The van der Waals surface area contributed by atoms with E-state index in [1.54, 1.807) is 0 Å². The second-order valence-electron chi connectivity index (χ2n) is 11.7. The Kier molecular flexibility index (Phi) is 6.43. The molecule has 2 aromatic heterocycles. The Hall–Kier alpha value is -6.39. The topological polar surface area (TPSA) is 51.8 Å². The maximum atomic E-state index is 6.40. The first-order valence-corrected chi connectivity index (χ1v) is 15.7. The summed E-state index contributed by atoms with van der Waals surface area (Å²) in [7, 11) is 0. The van der Waals surface area contributed by atoms with Crippen molar-refractivity contribution < 1.29 is 4.42 Å². The molecule has 0 bridgehead atoms. The van der Waals surface area contributed by atoms with Crippen molar-refractivity contribution in [3.05, 3.63) is 164 Å². The highest BCUT2D eigenvalue weighted by molar-refractivity contribution is 6.12. The summed E-state index contributed by atoms with van der Waals surface area (Å²) >= 11 is 0. The molecular formula is C43H27N3O. The molecule has 0 amide bonds. The summed E-state index contributed by atoms with van der Waals surface area (Å²) in [5.74, 6) is 1.87. The van der Waals surface area contributed by atoms with E-state index >= 15 is 0 Å². The summed E-state index contributed by atoms with van der Waals surface area (Å²) in [6.45, 7) is 0. The van der Waals surface area contributed by atoms with Crippen LogP contribution < -0.4 is 0 Å². The third-order valence-corrected chi connectivity index (χ3v) is 8.71. The summed E-state index contributed by atoms with van der Waals surface area (Å²) in [6.07, 6.45) is 0. The van der Waals surface area contributed by atoms with Crippen molar-refractivity contribution in [2.45, 2.75) is 0 Å². The average molecular weight is 602 g/mol. The fourth-order valence-electron chi connectivity index (χ4n) is 6.37. The van der Waals surface area contributed by atoms with Gasteiger partial charge in [0.15, 0.2) is 17.5 Å². The highest BCUT2D eigenvalue weighted by atomic mass is 16.3. The Labute approximate surface area is 271 Å². The molecule has 0 aliphatic rings. The lowest BCUT2D eigenvalue weighted by molar-refractivity contribution is 0.669. The molecule has 9 aromatic rings. The minimum Gasteiger partial charge on any atom is -0.456 e. The van der Waals surface area contributed by atoms with Crippen LogP contribution in [-0.2, 0) is 0 Å². The number of rotatable bonds is 5. The van der Waals surface area contributed by atoms with E-state index in [1.165, 1.54) is 21.9 Å². The van der Waals surface area contributed by atoms with Crippen molar-refractivity contribution in [1.29, 1.82) is 0 Å². The largest absolute Gasteiger partial charge is 0.456 e. The molecule has 0 fully saturated rings. The molecule has 0 atom stereocenters. The van der Waals surface area contributed by atoms with Gasteiger partial charge in [0.2, 0.25) is 0 Å². The smallest absolute Gasteiger partial charge is 0.164 e. The minimum absolute atomic E-state index is 0.606. The van der Waals surface area contributed by atoms with E-state index in [0.29, 0.717) is 17.5 Å². The molecule has 4 nitrogen and oxygen atoms in total. The number of benzene rings is 7. The first-order valence-electron chi connectivity index (χ1n) is 15.7. The maximum absolute atomic E-state index is 6.40. The molecule has 0 N–H and O–H groups in total. The van der Waals surface area contributed by atoms with Crippen LogP contribution in [0.25, 0.3) is 89.1 Å². The van der Waals surface area contributed by atoms with Crippen molar-refractivity contribution in [2.24, 2.45) is 0 Å². The van der Waals surface area contributed by atoms with Crippen molar-refractivity contribution >= 4 is 32.7 Å². The fraction of sp³-hybridized carbons (Fsp3) is 0. The van der Waals surface area contributed by atoms with E-state index in [1.807, 2.05) is 72.8 Å². The molecule has 7 aromatic carbocycles. The van der Waals surface area contributed by atoms with E-state index in [4.69, 9.17) is 19.4 Å². The third-order valence-electron chi connectivity index (χ3n) is 8.71. The summed E-state index contributed by atoms with van der Waals surface area (Å²) < 4.78 is 6.40. The lowest BCUT2D eigenvalue weighted by Gasteiger charge is -2.09. The monoisotopic (exact) mass is 601 g/mol. The molecule has 0 saturated carbocycles. The van der Waals surface area contributed by atoms with Gasteiger partial charge in [0.25, 0.3) is 0 Å². The zero-order valence-electron chi connectivity index (χ0n) is 25.3.